The summed E-state index contributed by atoms with van der Waals surface area (Å²) in [5.74, 6) is 0.246. The molecule has 0 heterocycles. The van der Waals surface area contributed by atoms with E-state index in [0.717, 1.165) is 5.56 Å². The number of aryl methyl sites for hydroxylation is 1. The minimum Gasteiger partial charge on any atom is -0.496 e. The van der Waals surface area contributed by atoms with Crippen LogP contribution in [0.2, 0.25) is 0 Å². The van der Waals surface area contributed by atoms with Crippen molar-refractivity contribution < 1.29 is 28.5 Å². The summed E-state index contributed by atoms with van der Waals surface area (Å²) in [4.78, 5) is 22.3. The molecule has 0 radical (unpaired) electrons. The van der Waals surface area contributed by atoms with E-state index in [2.05, 4.69) is 16.1 Å². The predicted molar refractivity (Wildman–Crippen MR) is 100 cm³/mol. The Kier molecular flexibility index (Phi) is 10.9. The van der Waals surface area contributed by atoms with Gasteiger partial charge in [0.1, 0.15) is 17.1 Å². The van der Waals surface area contributed by atoms with E-state index in [1.54, 1.807) is 37.3 Å². The van der Waals surface area contributed by atoms with Crippen LogP contribution in [-0.4, -0.2) is 40.4 Å². The zero-order valence-corrected chi connectivity index (χ0v) is 16.1. The number of benzene rings is 1. The molecule has 142 valence electrons. The lowest BCUT2D eigenvalue weighted by Gasteiger charge is -2.06. The molecule has 0 aliphatic heterocycles. The molecule has 0 bridgehead atoms. The number of esters is 2. The third kappa shape index (κ3) is 7.25. The molecule has 0 saturated carbocycles. The van der Waals surface area contributed by atoms with Crippen LogP contribution in [-0.2, 0) is 19.0 Å². The predicted octanol–water partition coefficient (Wildman–Crippen LogP) is 3.61. The van der Waals surface area contributed by atoms with Crippen molar-refractivity contribution in [2.24, 2.45) is 0 Å². The Bertz CT molecular complexity index is 686. The SMILES string of the molecule is C=C/C=C\C(OC)=C(/C)C(=O)OC.COC(=O)c1cc(C)ccc1OC. The summed E-state index contributed by atoms with van der Waals surface area (Å²) in [5, 5.41) is 0. The van der Waals surface area contributed by atoms with Crippen LogP contribution in [0, 0.1) is 6.92 Å². The molecule has 0 fully saturated rings. The zero-order chi connectivity index (χ0) is 20.1. The molecule has 0 amide bonds. The van der Waals surface area contributed by atoms with Gasteiger partial charge in [0.25, 0.3) is 0 Å². The first kappa shape index (κ1) is 23.0. The van der Waals surface area contributed by atoms with Gasteiger partial charge in [0, 0.05) is 0 Å². The molecule has 0 aromatic heterocycles. The van der Waals surface area contributed by atoms with Crippen LogP contribution in [0.3, 0.4) is 0 Å². The highest BCUT2D eigenvalue weighted by Crippen LogP contribution is 2.20. The van der Waals surface area contributed by atoms with Gasteiger partial charge in [-0.2, -0.15) is 0 Å². The van der Waals surface area contributed by atoms with Crippen molar-refractivity contribution in [3.63, 3.8) is 0 Å². The standard InChI is InChI=1S/C10H12O3.C10H14O3/c1-7-4-5-9(12-2)8(6-7)10(11)13-3;1-5-6-7-9(12-3)8(2)10(11)13-4/h4-6H,1-3H3;5-7H,1H2,2-4H3/b;7-6-,9-8-. The minimum atomic E-state index is -0.398. The van der Waals surface area contributed by atoms with Gasteiger partial charge in [-0.25, -0.2) is 9.59 Å². The van der Waals surface area contributed by atoms with E-state index in [1.807, 2.05) is 13.0 Å². The number of allylic oxidation sites excluding steroid dienone is 3. The fraction of sp³-hybridized carbons (Fsp3) is 0.300. The summed E-state index contributed by atoms with van der Waals surface area (Å²) in [5.41, 5.74) is 1.90. The lowest BCUT2D eigenvalue weighted by molar-refractivity contribution is -0.136. The van der Waals surface area contributed by atoms with Crippen molar-refractivity contribution in [2.45, 2.75) is 13.8 Å². The molecule has 1 aromatic carbocycles. The van der Waals surface area contributed by atoms with E-state index in [4.69, 9.17) is 9.47 Å². The van der Waals surface area contributed by atoms with Gasteiger partial charge in [-0.15, -0.1) is 0 Å². The number of hydrogen-bond donors (Lipinski definition) is 0. The molecular formula is C20H26O6. The van der Waals surface area contributed by atoms with Crippen molar-refractivity contribution in [3.05, 3.63) is 65.5 Å². The molecular weight excluding hydrogens is 336 g/mol. The first-order valence-electron chi connectivity index (χ1n) is 7.71. The number of methoxy groups -OCH3 is 4. The summed E-state index contributed by atoms with van der Waals surface area (Å²) in [6.07, 6.45) is 4.94. The van der Waals surface area contributed by atoms with Crippen LogP contribution in [0.1, 0.15) is 22.8 Å². The van der Waals surface area contributed by atoms with Gasteiger partial charge in [0.05, 0.1) is 34.0 Å². The number of rotatable bonds is 6. The number of carbonyl (C=O) groups is 2. The first-order valence-corrected chi connectivity index (χ1v) is 7.71. The summed E-state index contributed by atoms with van der Waals surface area (Å²) in [7, 11) is 5.70. The fourth-order valence-corrected chi connectivity index (χ4v) is 1.85. The Labute approximate surface area is 154 Å². The highest BCUT2D eigenvalue weighted by Gasteiger charge is 2.11. The molecule has 0 unspecified atom stereocenters. The third-order valence-electron chi connectivity index (χ3n) is 3.23. The minimum absolute atomic E-state index is 0.374. The van der Waals surface area contributed by atoms with Crippen LogP contribution >= 0.6 is 0 Å². The maximum absolute atomic E-state index is 11.2. The smallest absolute Gasteiger partial charge is 0.341 e. The second-order valence-corrected chi connectivity index (χ2v) is 4.98. The van der Waals surface area contributed by atoms with Crippen LogP contribution in [0.5, 0.6) is 5.75 Å². The summed E-state index contributed by atoms with van der Waals surface area (Å²) in [6, 6.07) is 5.37. The van der Waals surface area contributed by atoms with Gasteiger partial charge in [-0.3, -0.25) is 0 Å². The highest BCUT2D eigenvalue weighted by molar-refractivity contribution is 5.92. The molecule has 1 aromatic rings. The van der Waals surface area contributed by atoms with Gasteiger partial charge < -0.3 is 18.9 Å². The Morgan fingerprint density at radius 3 is 2.15 bits per heavy atom. The van der Waals surface area contributed by atoms with Crippen LogP contribution in [0.15, 0.2) is 54.3 Å². The number of ether oxygens (including phenoxy) is 4. The van der Waals surface area contributed by atoms with Gasteiger partial charge in [0.2, 0.25) is 0 Å². The van der Waals surface area contributed by atoms with Gasteiger partial charge in [-0.1, -0.05) is 30.4 Å². The third-order valence-corrected chi connectivity index (χ3v) is 3.23. The van der Waals surface area contributed by atoms with Crippen LogP contribution in [0.25, 0.3) is 0 Å². The molecule has 26 heavy (non-hydrogen) atoms. The van der Waals surface area contributed by atoms with Crippen molar-refractivity contribution >= 4 is 11.9 Å². The molecule has 1 rings (SSSR count). The van der Waals surface area contributed by atoms with Gasteiger partial charge in [0.15, 0.2) is 0 Å². The van der Waals surface area contributed by atoms with E-state index in [0.29, 0.717) is 22.6 Å². The topological polar surface area (TPSA) is 71.1 Å². The van der Waals surface area contributed by atoms with E-state index < -0.39 is 5.97 Å². The Balaban J connectivity index is 0.000000481. The monoisotopic (exact) mass is 362 g/mol. The molecule has 0 atom stereocenters. The van der Waals surface area contributed by atoms with Crippen molar-refractivity contribution in [1.82, 2.24) is 0 Å². The van der Waals surface area contributed by atoms with Crippen LogP contribution < -0.4 is 4.74 Å². The first-order chi connectivity index (χ1) is 12.4. The normalized spacial score (nSPS) is 10.8. The quantitative estimate of drug-likeness (QED) is 0.333. The average Bonchev–Trinajstić information content (AvgIpc) is 2.67. The zero-order valence-electron chi connectivity index (χ0n) is 16.1. The van der Waals surface area contributed by atoms with E-state index in [-0.39, 0.29) is 5.97 Å². The van der Waals surface area contributed by atoms with Crippen molar-refractivity contribution in [1.29, 1.82) is 0 Å². The molecule has 0 spiro atoms. The number of hydrogen-bond acceptors (Lipinski definition) is 6. The Hall–Kier alpha value is -3.02. The maximum atomic E-state index is 11.2. The van der Waals surface area contributed by atoms with Crippen molar-refractivity contribution in [2.75, 3.05) is 28.4 Å². The van der Waals surface area contributed by atoms with E-state index in [9.17, 15) is 9.59 Å². The highest BCUT2D eigenvalue weighted by atomic mass is 16.5. The second kappa shape index (κ2) is 12.4. The molecule has 0 saturated heterocycles. The largest absolute Gasteiger partial charge is 0.496 e. The second-order valence-electron chi connectivity index (χ2n) is 4.98. The molecule has 0 N–H and O–H groups in total. The van der Waals surface area contributed by atoms with Crippen LogP contribution in [0.4, 0.5) is 0 Å². The Morgan fingerprint density at radius 2 is 1.69 bits per heavy atom. The van der Waals surface area contributed by atoms with Gasteiger partial charge >= 0.3 is 11.9 Å². The summed E-state index contributed by atoms with van der Waals surface area (Å²) >= 11 is 0. The Morgan fingerprint density at radius 1 is 1.04 bits per heavy atom. The maximum Gasteiger partial charge on any atom is 0.341 e. The van der Waals surface area contributed by atoms with Crippen molar-refractivity contribution in [3.8, 4) is 5.75 Å². The van der Waals surface area contributed by atoms with E-state index in [1.165, 1.54) is 28.4 Å². The lowest BCUT2D eigenvalue weighted by atomic mass is 10.1. The molecule has 6 heteroatoms. The van der Waals surface area contributed by atoms with E-state index >= 15 is 0 Å². The fourth-order valence-electron chi connectivity index (χ4n) is 1.85. The lowest BCUT2D eigenvalue weighted by Crippen LogP contribution is -2.05. The summed E-state index contributed by atoms with van der Waals surface area (Å²) in [6.45, 7) is 7.06. The average molecular weight is 362 g/mol. The molecule has 0 aliphatic carbocycles. The number of carbonyl (C=O) groups excluding carboxylic acids is 2. The molecule has 6 nitrogen and oxygen atoms in total. The molecule has 0 aliphatic rings. The van der Waals surface area contributed by atoms with Gasteiger partial charge in [-0.05, 0) is 32.1 Å². The summed E-state index contributed by atoms with van der Waals surface area (Å²) < 4.78 is 19.2.